The maximum atomic E-state index is 12.6. The number of pyridine rings is 1. The van der Waals surface area contributed by atoms with Crippen LogP contribution in [0, 0.1) is 11.3 Å². The molecule has 1 atom stereocenters. The molecule has 1 fully saturated rings. The van der Waals surface area contributed by atoms with E-state index in [9.17, 15) is 10.1 Å². The van der Waals surface area contributed by atoms with Crippen LogP contribution in [0.25, 0.3) is 16.4 Å². The fourth-order valence-corrected chi connectivity index (χ4v) is 4.10. The lowest BCUT2D eigenvalue weighted by Gasteiger charge is -2.22. The summed E-state index contributed by atoms with van der Waals surface area (Å²) in [5.74, 6) is 0.365. The highest BCUT2D eigenvalue weighted by Crippen LogP contribution is 2.30. The Balaban J connectivity index is 1.69. The number of rotatable bonds is 7. The first kappa shape index (κ1) is 19.3. The molecule has 0 spiro atoms. The summed E-state index contributed by atoms with van der Waals surface area (Å²) in [7, 11) is 0. The molecule has 0 N–H and O–H groups in total. The first-order valence-corrected chi connectivity index (χ1v) is 10.2. The third kappa shape index (κ3) is 3.92. The van der Waals surface area contributed by atoms with Crippen molar-refractivity contribution in [2.75, 3.05) is 26.2 Å². The van der Waals surface area contributed by atoms with Crippen molar-refractivity contribution in [1.29, 1.82) is 5.26 Å². The highest BCUT2D eigenvalue weighted by atomic mass is 16.5. The average molecular weight is 391 g/mol. The molecule has 6 heteroatoms. The van der Waals surface area contributed by atoms with Crippen molar-refractivity contribution in [1.82, 2.24) is 9.30 Å². The van der Waals surface area contributed by atoms with Gasteiger partial charge in [0.1, 0.15) is 11.9 Å². The standard InChI is InChI=1S/C23H25N3O3/c1-2-28-23(27)22-19-7-3-4-8-20(19)26-16-17(9-10-21(22)26)29-18(11-12-24)15-25-13-5-6-14-25/h3-4,7-10,16,18H,2,5-6,11,13-15H2,1H3. The molecule has 1 saturated heterocycles. The molecule has 3 aromatic rings. The van der Waals surface area contributed by atoms with Crippen LogP contribution in [-0.4, -0.2) is 47.6 Å². The monoisotopic (exact) mass is 391 g/mol. The molecule has 0 amide bonds. The van der Waals surface area contributed by atoms with Crippen LogP contribution in [-0.2, 0) is 4.74 Å². The smallest absolute Gasteiger partial charge is 0.340 e. The summed E-state index contributed by atoms with van der Waals surface area (Å²) in [5.41, 5.74) is 2.28. The maximum Gasteiger partial charge on any atom is 0.340 e. The normalized spacial score (nSPS) is 15.4. The molecule has 150 valence electrons. The Kier molecular flexibility index (Phi) is 5.68. The summed E-state index contributed by atoms with van der Waals surface area (Å²) in [6, 6.07) is 13.8. The summed E-state index contributed by atoms with van der Waals surface area (Å²) in [5, 5.41) is 10.1. The summed E-state index contributed by atoms with van der Waals surface area (Å²) in [6.07, 6.45) is 4.47. The van der Waals surface area contributed by atoms with E-state index in [1.54, 1.807) is 6.92 Å². The Morgan fingerprint density at radius 3 is 2.72 bits per heavy atom. The van der Waals surface area contributed by atoms with Gasteiger partial charge in [0.15, 0.2) is 0 Å². The molecule has 3 heterocycles. The molecule has 1 aliphatic rings. The number of aromatic nitrogens is 1. The zero-order chi connectivity index (χ0) is 20.2. The van der Waals surface area contributed by atoms with Crippen molar-refractivity contribution in [2.45, 2.75) is 32.3 Å². The minimum absolute atomic E-state index is 0.179. The van der Waals surface area contributed by atoms with Gasteiger partial charge in [0.25, 0.3) is 0 Å². The van der Waals surface area contributed by atoms with Crippen LogP contribution in [0.1, 0.15) is 36.5 Å². The lowest BCUT2D eigenvalue weighted by atomic mass is 10.1. The summed E-state index contributed by atoms with van der Waals surface area (Å²) in [4.78, 5) is 14.9. The molecule has 1 aliphatic heterocycles. The van der Waals surface area contributed by atoms with Gasteiger partial charge in [-0.25, -0.2) is 4.79 Å². The van der Waals surface area contributed by atoms with E-state index < -0.39 is 0 Å². The third-order valence-electron chi connectivity index (χ3n) is 5.37. The van der Waals surface area contributed by atoms with Crippen LogP contribution >= 0.6 is 0 Å². The number of para-hydroxylation sites is 1. The summed E-state index contributed by atoms with van der Waals surface area (Å²) < 4.78 is 13.4. The Morgan fingerprint density at radius 1 is 1.17 bits per heavy atom. The number of hydrogen-bond donors (Lipinski definition) is 0. The highest BCUT2D eigenvalue weighted by molar-refractivity contribution is 6.11. The van der Waals surface area contributed by atoms with Crippen LogP contribution < -0.4 is 4.74 Å². The van der Waals surface area contributed by atoms with Crippen LogP contribution in [0.5, 0.6) is 5.75 Å². The quantitative estimate of drug-likeness (QED) is 0.569. The van der Waals surface area contributed by atoms with E-state index in [0.29, 0.717) is 24.3 Å². The Bertz CT molecular complexity index is 1060. The van der Waals surface area contributed by atoms with E-state index in [4.69, 9.17) is 9.47 Å². The molecule has 0 radical (unpaired) electrons. The predicted molar refractivity (Wildman–Crippen MR) is 111 cm³/mol. The SMILES string of the molecule is CCOC(=O)c1c2ccccc2n2cc(OC(CC#N)CN3CCCC3)ccc12. The minimum Gasteiger partial charge on any atom is -0.486 e. The number of likely N-dealkylation sites (tertiary alicyclic amines) is 1. The van der Waals surface area contributed by atoms with Crippen molar-refractivity contribution < 1.29 is 14.3 Å². The van der Waals surface area contributed by atoms with E-state index >= 15 is 0 Å². The zero-order valence-corrected chi connectivity index (χ0v) is 16.6. The van der Waals surface area contributed by atoms with Crippen LogP contribution in [0.4, 0.5) is 0 Å². The molecule has 0 bridgehead atoms. The minimum atomic E-state index is -0.323. The number of benzene rings is 1. The van der Waals surface area contributed by atoms with Gasteiger partial charge in [0, 0.05) is 11.9 Å². The van der Waals surface area contributed by atoms with E-state index in [1.807, 2.05) is 47.0 Å². The van der Waals surface area contributed by atoms with Gasteiger partial charge >= 0.3 is 5.97 Å². The summed E-state index contributed by atoms with van der Waals surface area (Å²) in [6.45, 7) is 5.02. The van der Waals surface area contributed by atoms with Gasteiger partial charge in [-0.15, -0.1) is 0 Å². The Hall–Kier alpha value is -3.04. The number of nitriles is 1. The van der Waals surface area contributed by atoms with Gasteiger partial charge in [0.2, 0.25) is 0 Å². The maximum absolute atomic E-state index is 12.6. The summed E-state index contributed by atoms with van der Waals surface area (Å²) >= 11 is 0. The molecule has 4 rings (SSSR count). The first-order valence-electron chi connectivity index (χ1n) is 10.2. The van der Waals surface area contributed by atoms with E-state index in [-0.39, 0.29) is 12.1 Å². The second-order valence-corrected chi connectivity index (χ2v) is 7.34. The molecule has 0 aliphatic carbocycles. The van der Waals surface area contributed by atoms with Crippen LogP contribution in [0.15, 0.2) is 42.6 Å². The van der Waals surface area contributed by atoms with Crippen molar-refractivity contribution >= 4 is 22.4 Å². The van der Waals surface area contributed by atoms with Gasteiger partial charge in [-0.2, -0.15) is 5.26 Å². The third-order valence-corrected chi connectivity index (χ3v) is 5.37. The lowest BCUT2D eigenvalue weighted by molar-refractivity contribution is 0.0531. The largest absolute Gasteiger partial charge is 0.486 e. The number of hydrogen-bond acceptors (Lipinski definition) is 5. The van der Waals surface area contributed by atoms with Gasteiger partial charge in [-0.05, 0) is 51.1 Å². The molecule has 6 nitrogen and oxygen atoms in total. The fraction of sp³-hybridized carbons (Fsp3) is 0.391. The van der Waals surface area contributed by atoms with Crippen molar-refractivity contribution in [3.05, 3.63) is 48.2 Å². The van der Waals surface area contributed by atoms with Crippen molar-refractivity contribution in [3.63, 3.8) is 0 Å². The second-order valence-electron chi connectivity index (χ2n) is 7.34. The van der Waals surface area contributed by atoms with Crippen LogP contribution in [0.3, 0.4) is 0 Å². The number of fused-ring (bicyclic) bond motifs is 3. The number of ether oxygens (including phenoxy) is 2. The van der Waals surface area contributed by atoms with E-state index in [1.165, 1.54) is 12.8 Å². The van der Waals surface area contributed by atoms with Gasteiger partial charge in [-0.1, -0.05) is 18.2 Å². The van der Waals surface area contributed by atoms with E-state index in [0.717, 1.165) is 36.1 Å². The molecule has 1 aromatic carbocycles. The Labute approximate surface area is 170 Å². The predicted octanol–water partition coefficient (Wildman–Crippen LogP) is 4.03. The lowest BCUT2D eigenvalue weighted by Crippen LogP contribution is -2.33. The number of esters is 1. The zero-order valence-electron chi connectivity index (χ0n) is 16.6. The van der Waals surface area contributed by atoms with Gasteiger partial charge < -0.3 is 13.9 Å². The van der Waals surface area contributed by atoms with Gasteiger partial charge in [-0.3, -0.25) is 4.90 Å². The first-order chi connectivity index (χ1) is 14.2. The molecular formula is C23H25N3O3. The number of carbonyl (C=O) groups excluding carboxylic acids is 1. The topological polar surface area (TPSA) is 67.0 Å². The van der Waals surface area contributed by atoms with Gasteiger partial charge in [0.05, 0.1) is 41.9 Å². The average Bonchev–Trinajstić information content (AvgIpc) is 3.34. The molecule has 29 heavy (non-hydrogen) atoms. The van der Waals surface area contributed by atoms with Crippen molar-refractivity contribution in [2.24, 2.45) is 0 Å². The fourth-order valence-electron chi connectivity index (χ4n) is 4.10. The van der Waals surface area contributed by atoms with E-state index in [2.05, 4.69) is 11.0 Å². The molecule has 2 aromatic heterocycles. The molecular weight excluding hydrogens is 366 g/mol. The Morgan fingerprint density at radius 2 is 1.97 bits per heavy atom. The van der Waals surface area contributed by atoms with Crippen molar-refractivity contribution in [3.8, 4) is 11.8 Å². The number of nitrogens with zero attached hydrogens (tertiary/aromatic N) is 3. The molecule has 0 saturated carbocycles. The number of carbonyl (C=O) groups is 1. The second kappa shape index (κ2) is 8.54. The highest BCUT2D eigenvalue weighted by Gasteiger charge is 2.21. The van der Waals surface area contributed by atoms with Crippen LogP contribution in [0.2, 0.25) is 0 Å². The molecule has 1 unspecified atom stereocenters.